The van der Waals surface area contributed by atoms with Crippen LogP contribution in [0.15, 0.2) is 23.9 Å². The van der Waals surface area contributed by atoms with Crippen molar-refractivity contribution in [2.45, 2.75) is 6.42 Å². The van der Waals surface area contributed by atoms with Gasteiger partial charge in [-0.25, -0.2) is 0 Å². The highest BCUT2D eigenvalue weighted by Gasteiger charge is 2.25. The van der Waals surface area contributed by atoms with Crippen molar-refractivity contribution < 1.29 is 4.79 Å². The Hall–Kier alpha value is -1.05. The third-order valence-corrected chi connectivity index (χ3v) is 1.96. The third kappa shape index (κ3) is 0.685. The minimum Gasteiger partial charge on any atom is -0.387 e. The fraction of sp³-hybridized carbons (Fsp3) is 0.375. The predicted octanol–water partition coefficient (Wildman–Crippen LogP) is 0.619. The summed E-state index contributed by atoms with van der Waals surface area (Å²) in [6.45, 7) is 0.808. The third-order valence-electron chi connectivity index (χ3n) is 1.96. The first-order valence-corrected chi connectivity index (χ1v) is 3.53. The Morgan fingerprint density at radius 1 is 1.60 bits per heavy atom. The van der Waals surface area contributed by atoms with Crippen LogP contribution in [0.25, 0.3) is 0 Å². The second-order valence-electron chi connectivity index (χ2n) is 2.63. The molecule has 1 N–H and O–H groups in total. The molecule has 2 nitrogen and oxygen atoms in total. The van der Waals surface area contributed by atoms with Gasteiger partial charge in [-0.2, -0.15) is 0 Å². The van der Waals surface area contributed by atoms with Gasteiger partial charge in [0.05, 0.1) is 5.92 Å². The number of ketones is 1. The molecule has 1 aliphatic carbocycles. The van der Waals surface area contributed by atoms with Crippen molar-refractivity contribution in [2.75, 3.05) is 6.54 Å². The minimum absolute atomic E-state index is 0.0637. The van der Waals surface area contributed by atoms with Gasteiger partial charge in [0.2, 0.25) is 0 Å². The topological polar surface area (TPSA) is 29.1 Å². The molecule has 1 heterocycles. The van der Waals surface area contributed by atoms with Gasteiger partial charge in [-0.05, 0) is 6.08 Å². The lowest BCUT2D eigenvalue weighted by molar-refractivity contribution is -0.121. The van der Waals surface area contributed by atoms with Crippen LogP contribution in [0.4, 0.5) is 0 Å². The van der Waals surface area contributed by atoms with E-state index in [-0.39, 0.29) is 5.92 Å². The summed E-state index contributed by atoms with van der Waals surface area (Å²) in [7, 11) is 0. The summed E-state index contributed by atoms with van der Waals surface area (Å²) in [5.41, 5.74) is 1.08. The molecule has 1 fully saturated rings. The van der Waals surface area contributed by atoms with Crippen LogP contribution < -0.4 is 5.32 Å². The van der Waals surface area contributed by atoms with Crippen molar-refractivity contribution in [3.8, 4) is 0 Å². The van der Waals surface area contributed by atoms with Gasteiger partial charge in [0.25, 0.3) is 0 Å². The quantitative estimate of drug-likeness (QED) is 0.527. The van der Waals surface area contributed by atoms with Gasteiger partial charge in [0.15, 0.2) is 0 Å². The lowest BCUT2D eigenvalue weighted by Crippen LogP contribution is -2.32. The van der Waals surface area contributed by atoms with E-state index in [1.807, 2.05) is 18.2 Å². The molecule has 0 aromatic carbocycles. The molecule has 52 valence electrons. The fourth-order valence-corrected chi connectivity index (χ4v) is 1.41. The van der Waals surface area contributed by atoms with Crippen molar-refractivity contribution in [3.63, 3.8) is 0 Å². The van der Waals surface area contributed by atoms with E-state index in [1.54, 1.807) is 0 Å². The molecule has 0 aromatic heterocycles. The largest absolute Gasteiger partial charge is 0.387 e. The number of nitrogens with one attached hydrogen (secondary N) is 1. The normalized spacial score (nSPS) is 29.4. The SMILES string of the molecule is O=C1CCNC2=CC=C[C@H]12. The van der Waals surface area contributed by atoms with Gasteiger partial charge in [-0.15, -0.1) is 0 Å². The van der Waals surface area contributed by atoms with E-state index in [2.05, 4.69) is 5.32 Å². The highest BCUT2D eigenvalue weighted by atomic mass is 16.1. The van der Waals surface area contributed by atoms with Crippen molar-refractivity contribution in [2.24, 2.45) is 5.92 Å². The van der Waals surface area contributed by atoms with E-state index in [0.717, 1.165) is 12.2 Å². The summed E-state index contributed by atoms with van der Waals surface area (Å²) in [6.07, 6.45) is 6.54. The lowest BCUT2D eigenvalue weighted by atomic mass is 9.97. The second kappa shape index (κ2) is 1.97. The molecule has 0 aromatic rings. The van der Waals surface area contributed by atoms with Crippen LogP contribution in [0.2, 0.25) is 0 Å². The molecule has 0 bridgehead atoms. The molecule has 1 atom stereocenters. The number of hydrogen-bond acceptors (Lipinski definition) is 2. The Kier molecular flexibility index (Phi) is 1.13. The molecule has 2 heteroatoms. The van der Waals surface area contributed by atoms with Crippen LogP contribution in [-0.4, -0.2) is 12.3 Å². The minimum atomic E-state index is 0.0637. The van der Waals surface area contributed by atoms with Crippen LogP contribution in [0.1, 0.15) is 6.42 Å². The molecule has 0 saturated carbocycles. The highest BCUT2D eigenvalue weighted by Crippen LogP contribution is 2.21. The second-order valence-corrected chi connectivity index (χ2v) is 2.63. The maximum Gasteiger partial charge on any atom is 0.147 e. The van der Waals surface area contributed by atoms with Crippen molar-refractivity contribution in [3.05, 3.63) is 23.9 Å². The van der Waals surface area contributed by atoms with Crippen LogP contribution in [0.3, 0.4) is 0 Å². The van der Waals surface area contributed by atoms with Crippen molar-refractivity contribution in [1.82, 2.24) is 5.32 Å². The van der Waals surface area contributed by atoms with E-state index in [1.165, 1.54) is 0 Å². The van der Waals surface area contributed by atoms with E-state index >= 15 is 0 Å². The molecule has 1 saturated heterocycles. The summed E-state index contributed by atoms with van der Waals surface area (Å²) in [6, 6.07) is 0. The highest BCUT2D eigenvalue weighted by molar-refractivity contribution is 5.87. The average molecular weight is 135 g/mol. The Balaban J connectivity index is 2.27. The van der Waals surface area contributed by atoms with E-state index in [4.69, 9.17) is 0 Å². The lowest BCUT2D eigenvalue weighted by Gasteiger charge is -2.20. The molecule has 0 unspecified atom stereocenters. The van der Waals surface area contributed by atoms with Gasteiger partial charge in [-0.3, -0.25) is 4.79 Å². The number of carbonyl (C=O) groups excluding carboxylic acids is 1. The molecule has 0 radical (unpaired) electrons. The summed E-state index contributed by atoms with van der Waals surface area (Å²) in [5.74, 6) is 0.410. The number of allylic oxidation sites excluding steroid dienone is 3. The maximum absolute atomic E-state index is 11.1. The zero-order valence-electron chi connectivity index (χ0n) is 5.63. The van der Waals surface area contributed by atoms with Crippen LogP contribution in [0, 0.1) is 5.92 Å². The van der Waals surface area contributed by atoms with Crippen molar-refractivity contribution in [1.29, 1.82) is 0 Å². The first-order chi connectivity index (χ1) is 4.88. The predicted molar refractivity (Wildman–Crippen MR) is 38.3 cm³/mol. The van der Waals surface area contributed by atoms with Crippen LogP contribution in [-0.2, 0) is 4.79 Å². The smallest absolute Gasteiger partial charge is 0.147 e. The number of fused-ring (bicyclic) bond motifs is 1. The summed E-state index contributed by atoms with van der Waals surface area (Å²) in [4.78, 5) is 11.1. The molecule has 1 aliphatic heterocycles. The van der Waals surface area contributed by atoms with Gasteiger partial charge in [0, 0.05) is 18.7 Å². The van der Waals surface area contributed by atoms with Gasteiger partial charge in [0.1, 0.15) is 5.78 Å². The summed E-state index contributed by atoms with van der Waals surface area (Å²) < 4.78 is 0. The van der Waals surface area contributed by atoms with Gasteiger partial charge < -0.3 is 5.32 Å². The number of carbonyl (C=O) groups is 1. The molecular weight excluding hydrogens is 126 g/mol. The Morgan fingerprint density at radius 2 is 2.50 bits per heavy atom. The molecule has 0 spiro atoms. The first kappa shape index (κ1) is 5.71. The van der Waals surface area contributed by atoms with Crippen molar-refractivity contribution >= 4 is 5.78 Å². The zero-order valence-corrected chi connectivity index (χ0v) is 5.63. The van der Waals surface area contributed by atoms with Gasteiger partial charge in [-0.1, -0.05) is 12.2 Å². The standard InChI is InChI=1S/C8H9NO/c10-8-4-5-9-7-3-1-2-6(7)8/h1-3,6,9H,4-5H2/t6-/m0/s1. The number of Topliss-reactive ketones (excluding diaryl/α,β-unsaturated/α-hetero) is 1. The summed E-state index contributed by atoms with van der Waals surface area (Å²) >= 11 is 0. The first-order valence-electron chi connectivity index (χ1n) is 3.53. The number of rotatable bonds is 0. The van der Waals surface area contributed by atoms with E-state index in [9.17, 15) is 4.79 Å². The molecule has 2 rings (SSSR count). The number of piperidine rings is 1. The van der Waals surface area contributed by atoms with Gasteiger partial charge >= 0.3 is 0 Å². The fourth-order valence-electron chi connectivity index (χ4n) is 1.41. The molecular formula is C8H9NO. The Bertz CT molecular complexity index is 227. The van der Waals surface area contributed by atoms with E-state index < -0.39 is 0 Å². The average Bonchev–Trinajstić information content (AvgIpc) is 2.36. The molecule has 10 heavy (non-hydrogen) atoms. The van der Waals surface area contributed by atoms with Crippen LogP contribution >= 0.6 is 0 Å². The summed E-state index contributed by atoms with van der Waals surface area (Å²) in [5, 5.41) is 3.19. The molecule has 0 amide bonds. The number of hydrogen-bond donors (Lipinski definition) is 1. The van der Waals surface area contributed by atoms with E-state index in [0.29, 0.717) is 12.2 Å². The Labute approximate surface area is 59.6 Å². The maximum atomic E-state index is 11.1. The zero-order chi connectivity index (χ0) is 6.97. The Morgan fingerprint density at radius 3 is 3.30 bits per heavy atom. The monoisotopic (exact) mass is 135 g/mol. The molecule has 2 aliphatic rings. The van der Waals surface area contributed by atoms with Crippen LogP contribution in [0.5, 0.6) is 0 Å².